The molecule has 0 N–H and O–H groups in total. The molecule has 39 heavy (non-hydrogen) atoms. The normalized spacial score (nSPS) is 18.5. The molecule has 5 heterocycles. The van der Waals surface area contributed by atoms with Crippen LogP contribution in [0.1, 0.15) is 34.9 Å². The summed E-state index contributed by atoms with van der Waals surface area (Å²) >= 11 is 0. The number of pyridine rings is 1. The van der Waals surface area contributed by atoms with Gasteiger partial charge in [-0.15, -0.1) is 0 Å². The molecule has 1 saturated heterocycles. The smallest absolute Gasteiger partial charge is 0.340 e. The summed E-state index contributed by atoms with van der Waals surface area (Å²) < 4.78 is 13.6. The highest BCUT2D eigenvalue weighted by atomic mass is 16.4. The zero-order valence-corrected chi connectivity index (χ0v) is 21.9. The molecule has 0 aliphatic carbocycles. The number of amides is 1. The lowest BCUT2D eigenvalue weighted by atomic mass is 9.83. The maximum absolute atomic E-state index is 13.5. The van der Waals surface area contributed by atoms with Crippen LogP contribution < -0.4 is 11.2 Å². The number of benzene rings is 2. The van der Waals surface area contributed by atoms with E-state index in [9.17, 15) is 14.4 Å². The Kier molecular flexibility index (Phi) is 5.37. The molecule has 2 bridgehead atoms. The Morgan fingerprint density at radius 1 is 0.897 bits per heavy atom. The van der Waals surface area contributed by atoms with Crippen LogP contribution in [-0.2, 0) is 17.8 Å². The van der Waals surface area contributed by atoms with Gasteiger partial charge >= 0.3 is 5.63 Å². The van der Waals surface area contributed by atoms with Crippen molar-refractivity contribution in [3.63, 3.8) is 0 Å². The molecule has 3 aromatic heterocycles. The molecule has 1 amide bonds. The predicted molar refractivity (Wildman–Crippen MR) is 149 cm³/mol. The zero-order valence-electron chi connectivity index (χ0n) is 21.9. The van der Waals surface area contributed by atoms with E-state index in [1.54, 1.807) is 18.2 Å². The van der Waals surface area contributed by atoms with Gasteiger partial charge in [-0.2, -0.15) is 0 Å². The molecule has 7 heteroatoms. The van der Waals surface area contributed by atoms with Gasteiger partial charge in [0.2, 0.25) is 5.91 Å². The summed E-state index contributed by atoms with van der Waals surface area (Å²) in [5.41, 5.74) is 4.83. The lowest BCUT2D eigenvalue weighted by Gasteiger charge is -2.42. The van der Waals surface area contributed by atoms with Crippen molar-refractivity contribution >= 4 is 27.8 Å². The summed E-state index contributed by atoms with van der Waals surface area (Å²) in [6.07, 6.45) is 0.952. The van der Waals surface area contributed by atoms with E-state index in [-0.39, 0.29) is 29.7 Å². The largest absolute Gasteiger partial charge is 0.461 e. The molecule has 2 atom stereocenters. The van der Waals surface area contributed by atoms with Crippen molar-refractivity contribution in [1.29, 1.82) is 0 Å². The van der Waals surface area contributed by atoms with Crippen molar-refractivity contribution in [3.8, 4) is 11.1 Å². The molecule has 2 unspecified atom stereocenters. The molecule has 0 radical (unpaired) electrons. The van der Waals surface area contributed by atoms with Gasteiger partial charge in [0.1, 0.15) is 16.9 Å². The molecule has 5 aromatic rings. The van der Waals surface area contributed by atoms with Gasteiger partial charge in [0.25, 0.3) is 5.56 Å². The van der Waals surface area contributed by atoms with Crippen molar-refractivity contribution in [3.05, 3.63) is 104 Å². The van der Waals surface area contributed by atoms with Gasteiger partial charge in [0.05, 0.1) is 12.0 Å². The minimum Gasteiger partial charge on any atom is -0.461 e. The second-order valence-corrected chi connectivity index (χ2v) is 10.9. The van der Waals surface area contributed by atoms with E-state index < -0.39 is 5.63 Å². The fraction of sp³-hybridized carbons (Fsp3) is 0.281. The van der Waals surface area contributed by atoms with Crippen LogP contribution in [-0.4, -0.2) is 28.5 Å². The number of nitrogens with zero attached hydrogens (tertiary/aromatic N) is 2. The van der Waals surface area contributed by atoms with Crippen LogP contribution >= 0.6 is 0 Å². The summed E-state index contributed by atoms with van der Waals surface area (Å²) in [6.45, 7) is 5.57. The predicted octanol–water partition coefficient (Wildman–Crippen LogP) is 5.17. The van der Waals surface area contributed by atoms with Crippen molar-refractivity contribution in [2.75, 3.05) is 13.1 Å². The van der Waals surface area contributed by atoms with E-state index in [0.717, 1.165) is 45.3 Å². The molecule has 7 nitrogen and oxygen atoms in total. The number of hydrogen-bond acceptors (Lipinski definition) is 5. The van der Waals surface area contributed by atoms with Crippen LogP contribution in [0.25, 0.3) is 33.1 Å². The first-order chi connectivity index (χ1) is 18.9. The van der Waals surface area contributed by atoms with Crippen LogP contribution in [0, 0.1) is 19.8 Å². The van der Waals surface area contributed by atoms with E-state index in [2.05, 4.69) is 0 Å². The summed E-state index contributed by atoms with van der Waals surface area (Å²) in [6, 6.07) is 19.2. The first kappa shape index (κ1) is 23.7. The third-order valence-electron chi connectivity index (χ3n) is 8.49. The molecule has 2 aliphatic rings. The standard InChI is InChI=1S/C32H28N2O5/c1-18-23-12-25-28(38-19(2)31(25)21-7-4-3-5-8-21)14-27(23)39-32(37)24(18)13-30(36)33-15-20-11-22(17-33)26-9-6-10-29(35)34(26)16-20/h3-10,12,14,20,22H,11,13,15-17H2,1-2H3. The number of furan rings is 1. The van der Waals surface area contributed by atoms with Crippen LogP contribution in [0.4, 0.5) is 0 Å². The summed E-state index contributed by atoms with van der Waals surface area (Å²) in [7, 11) is 0. The van der Waals surface area contributed by atoms with E-state index in [4.69, 9.17) is 8.83 Å². The van der Waals surface area contributed by atoms with Crippen LogP contribution in [0.2, 0.25) is 0 Å². The highest BCUT2D eigenvalue weighted by Gasteiger charge is 2.36. The zero-order chi connectivity index (χ0) is 26.8. The lowest BCUT2D eigenvalue weighted by Crippen LogP contribution is -2.49. The molecule has 1 fully saturated rings. The Morgan fingerprint density at radius 2 is 1.69 bits per heavy atom. The molecular weight excluding hydrogens is 492 g/mol. The summed E-state index contributed by atoms with van der Waals surface area (Å²) in [5.74, 6) is 1.06. The summed E-state index contributed by atoms with van der Waals surface area (Å²) in [5, 5.41) is 1.74. The molecule has 196 valence electrons. The number of piperidine rings is 1. The number of aromatic nitrogens is 1. The van der Waals surface area contributed by atoms with Crippen molar-refractivity contribution in [2.24, 2.45) is 5.92 Å². The average Bonchev–Trinajstić information content (AvgIpc) is 3.25. The molecule has 2 aliphatic heterocycles. The van der Waals surface area contributed by atoms with Crippen LogP contribution in [0.15, 0.2) is 79.1 Å². The molecule has 2 aromatic carbocycles. The van der Waals surface area contributed by atoms with Crippen molar-refractivity contribution in [1.82, 2.24) is 9.47 Å². The van der Waals surface area contributed by atoms with E-state index in [0.29, 0.717) is 36.4 Å². The van der Waals surface area contributed by atoms with E-state index in [1.165, 1.54) is 0 Å². The minimum atomic E-state index is -0.492. The van der Waals surface area contributed by atoms with Crippen molar-refractivity contribution in [2.45, 2.75) is 39.2 Å². The molecule has 0 spiro atoms. The Balaban J connectivity index is 1.24. The highest BCUT2D eigenvalue weighted by molar-refractivity contribution is 6.03. The number of fused-ring (bicyclic) bond motifs is 6. The quantitative estimate of drug-likeness (QED) is 0.306. The number of carbonyl (C=O) groups is 1. The Morgan fingerprint density at radius 3 is 2.51 bits per heavy atom. The number of hydrogen-bond donors (Lipinski definition) is 0. The SMILES string of the molecule is Cc1oc2cc3oc(=O)c(CC(=O)N4CC5CC(C4)c4cccc(=O)n4C5)c(C)c3cc2c1-c1ccccc1. The Bertz CT molecular complexity index is 1900. The maximum atomic E-state index is 13.5. The second-order valence-electron chi connectivity index (χ2n) is 10.9. The first-order valence-electron chi connectivity index (χ1n) is 13.4. The molecular formula is C32H28N2O5. The first-order valence-corrected chi connectivity index (χ1v) is 13.4. The Labute approximate surface area is 224 Å². The van der Waals surface area contributed by atoms with Crippen LogP contribution in [0.3, 0.4) is 0 Å². The third kappa shape index (κ3) is 3.83. The number of carbonyl (C=O) groups excluding carboxylic acids is 1. The number of likely N-dealkylation sites (tertiary alicyclic amines) is 1. The summed E-state index contributed by atoms with van der Waals surface area (Å²) in [4.78, 5) is 40.8. The molecule has 7 rings (SSSR count). The van der Waals surface area contributed by atoms with E-state index >= 15 is 0 Å². The second kappa shape index (κ2) is 8.83. The van der Waals surface area contributed by atoms with Crippen molar-refractivity contribution < 1.29 is 13.6 Å². The Hall–Kier alpha value is -4.39. The number of rotatable bonds is 3. The van der Waals surface area contributed by atoms with Gasteiger partial charge in [0, 0.05) is 59.7 Å². The topological polar surface area (TPSA) is 85.7 Å². The van der Waals surface area contributed by atoms with Gasteiger partial charge in [-0.05, 0) is 49.4 Å². The highest BCUT2D eigenvalue weighted by Crippen LogP contribution is 2.38. The van der Waals surface area contributed by atoms with Gasteiger partial charge in [-0.25, -0.2) is 4.79 Å². The number of aryl methyl sites for hydroxylation is 2. The third-order valence-corrected chi connectivity index (χ3v) is 8.49. The fourth-order valence-electron chi connectivity index (χ4n) is 6.63. The van der Waals surface area contributed by atoms with Gasteiger partial charge in [0.15, 0.2) is 0 Å². The monoisotopic (exact) mass is 520 g/mol. The van der Waals surface area contributed by atoms with Crippen LogP contribution in [0.5, 0.6) is 0 Å². The average molecular weight is 521 g/mol. The minimum absolute atomic E-state index is 0.0147. The van der Waals surface area contributed by atoms with Gasteiger partial charge in [-0.3, -0.25) is 9.59 Å². The lowest BCUT2D eigenvalue weighted by molar-refractivity contribution is -0.133. The maximum Gasteiger partial charge on any atom is 0.340 e. The molecule has 0 saturated carbocycles. The van der Waals surface area contributed by atoms with E-state index in [1.807, 2.05) is 65.8 Å². The van der Waals surface area contributed by atoms with Gasteiger partial charge in [-0.1, -0.05) is 36.4 Å². The fourth-order valence-corrected chi connectivity index (χ4v) is 6.63. The van der Waals surface area contributed by atoms with Gasteiger partial charge < -0.3 is 18.3 Å².